The van der Waals surface area contributed by atoms with Gasteiger partial charge in [-0.25, -0.2) is 0 Å². The molecule has 1 radical (unpaired) electrons. The van der Waals surface area contributed by atoms with E-state index in [1.54, 1.807) is 0 Å². The van der Waals surface area contributed by atoms with Gasteiger partial charge in [0.25, 0.3) is 0 Å². The van der Waals surface area contributed by atoms with Crippen LogP contribution in [0.25, 0.3) is 0 Å². The monoisotopic (exact) mass is 161 g/mol. The van der Waals surface area contributed by atoms with Gasteiger partial charge in [-0.2, -0.15) is 0 Å². The van der Waals surface area contributed by atoms with Crippen molar-refractivity contribution < 1.29 is 0 Å². The number of unbranched alkanes of at least 4 members (excludes halogenated alkanes) is 1. The summed E-state index contributed by atoms with van der Waals surface area (Å²) in [6.45, 7) is 3.80. The highest BCUT2D eigenvalue weighted by atomic mass is 28.2. The van der Waals surface area contributed by atoms with Crippen LogP contribution >= 0.6 is 0 Å². The third-order valence-electron chi connectivity index (χ3n) is 1.48. The summed E-state index contributed by atoms with van der Waals surface area (Å²) in [7, 11) is 0.379. The Morgan fingerprint density at radius 3 is 2.64 bits per heavy atom. The van der Waals surface area contributed by atoms with Gasteiger partial charge >= 0.3 is 0 Å². The summed E-state index contributed by atoms with van der Waals surface area (Å²) in [4.78, 5) is 0. The van der Waals surface area contributed by atoms with E-state index in [2.05, 4.69) is 42.9 Å². The molecule has 1 aromatic rings. The van der Waals surface area contributed by atoms with Gasteiger partial charge in [0.05, 0.1) is 0 Å². The molecule has 0 aliphatic heterocycles. The fraction of sp³-hybridized carbons (Fsp3) is 0.200. The first-order valence-corrected chi connectivity index (χ1v) is 5.18. The lowest BCUT2D eigenvalue weighted by atomic mass is 10.4. The zero-order valence-corrected chi connectivity index (χ0v) is 7.82. The number of hydrogen-bond acceptors (Lipinski definition) is 0. The van der Waals surface area contributed by atoms with Crippen LogP contribution in [0.2, 0.25) is 0 Å². The summed E-state index contributed by atoms with van der Waals surface area (Å²) in [6.07, 6.45) is 2.18. The maximum atomic E-state index is 3.80. The van der Waals surface area contributed by atoms with Gasteiger partial charge < -0.3 is 0 Å². The van der Waals surface area contributed by atoms with E-state index < -0.39 is 0 Å². The predicted molar refractivity (Wildman–Crippen MR) is 53.9 cm³/mol. The van der Waals surface area contributed by atoms with E-state index in [-0.39, 0.29) is 0 Å². The Balaban J connectivity index is 2.50. The molecule has 0 heterocycles. The molecule has 0 N–H and O–H groups in total. The minimum atomic E-state index is 0.379. The average molecular weight is 161 g/mol. The second kappa shape index (κ2) is 5.02. The van der Waals surface area contributed by atoms with Crippen molar-refractivity contribution in [2.45, 2.75) is 12.8 Å². The zero-order valence-electron chi connectivity index (χ0n) is 6.66. The van der Waals surface area contributed by atoms with Crippen LogP contribution in [0.15, 0.2) is 30.3 Å². The normalized spacial score (nSPS) is 10.6. The van der Waals surface area contributed by atoms with Crippen molar-refractivity contribution in [1.82, 2.24) is 0 Å². The molecule has 0 bridgehead atoms. The van der Waals surface area contributed by atoms with Crippen molar-refractivity contribution in [1.29, 1.82) is 0 Å². The van der Waals surface area contributed by atoms with Crippen LogP contribution in [-0.4, -0.2) is 14.8 Å². The smallest absolute Gasteiger partial charge is 0.0251 e. The van der Waals surface area contributed by atoms with E-state index in [1.165, 1.54) is 5.19 Å². The molecule has 0 amide bonds. The second-order valence-electron chi connectivity index (χ2n) is 2.46. The minimum Gasteiger partial charge on any atom is -0.102 e. The number of rotatable bonds is 3. The summed E-state index contributed by atoms with van der Waals surface area (Å²) in [5.74, 6) is 0. The largest absolute Gasteiger partial charge is 0.102 e. The van der Waals surface area contributed by atoms with Crippen LogP contribution in [0.1, 0.15) is 12.8 Å². The summed E-state index contributed by atoms with van der Waals surface area (Å²) in [5.41, 5.74) is 2.36. The van der Waals surface area contributed by atoms with Crippen molar-refractivity contribution in [2.24, 2.45) is 0 Å². The van der Waals surface area contributed by atoms with Crippen molar-refractivity contribution in [2.75, 3.05) is 0 Å². The van der Waals surface area contributed by atoms with Gasteiger partial charge in [0.1, 0.15) is 0 Å². The fourth-order valence-electron chi connectivity index (χ4n) is 0.901. The predicted octanol–water partition coefficient (Wildman–Crippen LogP) is 1.16. The Morgan fingerprint density at radius 1 is 1.27 bits per heavy atom. The lowest BCUT2D eigenvalue weighted by molar-refractivity contribution is 1.13. The van der Waals surface area contributed by atoms with Crippen LogP contribution in [0.4, 0.5) is 0 Å². The molecule has 1 rings (SSSR count). The topological polar surface area (TPSA) is 0 Å². The SMILES string of the molecule is [CH2]CCC=[SiH]c1ccccc1. The lowest BCUT2D eigenvalue weighted by Gasteiger charge is -1.89. The summed E-state index contributed by atoms with van der Waals surface area (Å²) >= 11 is 0. The molecule has 0 aliphatic carbocycles. The van der Waals surface area contributed by atoms with Crippen molar-refractivity contribution in [3.8, 4) is 0 Å². The zero-order chi connectivity index (χ0) is 7.94. The molecule has 1 heteroatoms. The summed E-state index contributed by atoms with van der Waals surface area (Å²) in [5, 5.41) is 1.47. The molecule has 1 aromatic carbocycles. The van der Waals surface area contributed by atoms with Crippen LogP contribution < -0.4 is 5.19 Å². The van der Waals surface area contributed by atoms with Crippen LogP contribution in [0.5, 0.6) is 0 Å². The van der Waals surface area contributed by atoms with E-state index in [9.17, 15) is 0 Å². The Bertz CT molecular complexity index is 214. The highest BCUT2D eigenvalue weighted by Crippen LogP contribution is 1.80. The molecule has 0 spiro atoms. The van der Waals surface area contributed by atoms with Crippen molar-refractivity contribution >= 4 is 20.0 Å². The Kier molecular flexibility index (Phi) is 3.84. The van der Waals surface area contributed by atoms with Gasteiger partial charge in [-0.3, -0.25) is 0 Å². The van der Waals surface area contributed by atoms with Crippen molar-refractivity contribution in [3.63, 3.8) is 0 Å². The van der Waals surface area contributed by atoms with Crippen LogP contribution in [0, 0.1) is 6.92 Å². The fourth-order valence-corrected chi connectivity index (χ4v) is 2.02. The lowest BCUT2D eigenvalue weighted by Crippen LogP contribution is -2.07. The van der Waals surface area contributed by atoms with Gasteiger partial charge in [-0.1, -0.05) is 43.7 Å². The molecular formula is C10H13Si. The highest BCUT2D eigenvalue weighted by molar-refractivity contribution is 6.60. The molecule has 0 saturated carbocycles. The number of hydrogen-bond donors (Lipinski definition) is 0. The molecular weight excluding hydrogens is 148 g/mol. The Hall–Kier alpha value is -0.693. The van der Waals surface area contributed by atoms with Gasteiger partial charge in [0.2, 0.25) is 0 Å². The first-order valence-electron chi connectivity index (χ1n) is 3.94. The molecule has 0 unspecified atom stereocenters. The van der Waals surface area contributed by atoms with E-state index in [0.717, 1.165) is 12.8 Å². The first kappa shape index (κ1) is 8.40. The molecule has 0 nitrogen and oxygen atoms in total. The quantitative estimate of drug-likeness (QED) is 0.584. The Labute approximate surface area is 70.7 Å². The van der Waals surface area contributed by atoms with Gasteiger partial charge in [-0.05, 0) is 11.6 Å². The summed E-state index contributed by atoms with van der Waals surface area (Å²) in [6, 6.07) is 10.6. The van der Waals surface area contributed by atoms with Gasteiger partial charge in [0.15, 0.2) is 0 Å². The number of benzene rings is 1. The molecule has 0 saturated heterocycles. The average Bonchev–Trinajstić information content (AvgIpc) is 2.07. The van der Waals surface area contributed by atoms with E-state index >= 15 is 0 Å². The maximum absolute atomic E-state index is 3.80. The molecule has 11 heavy (non-hydrogen) atoms. The van der Waals surface area contributed by atoms with Crippen LogP contribution in [-0.2, 0) is 0 Å². The second-order valence-corrected chi connectivity index (χ2v) is 3.93. The molecule has 0 aromatic heterocycles. The van der Waals surface area contributed by atoms with Gasteiger partial charge in [0, 0.05) is 9.13 Å². The molecule has 0 fully saturated rings. The standard InChI is InChI=1S/C10H13Si/c1-2-3-9-11-10-7-5-4-6-8-10/h4-9,11H,1-3H2. The molecule has 57 valence electrons. The van der Waals surface area contributed by atoms with E-state index in [0.29, 0.717) is 9.13 Å². The van der Waals surface area contributed by atoms with E-state index in [1.807, 2.05) is 0 Å². The summed E-state index contributed by atoms with van der Waals surface area (Å²) < 4.78 is 0. The van der Waals surface area contributed by atoms with E-state index in [4.69, 9.17) is 0 Å². The molecule has 0 aliphatic rings. The van der Waals surface area contributed by atoms with Gasteiger partial charge in [-0.15, -0.1) is 5.67 Å². The maximum Gasteiger partial charge on any atom is 0.0251 e. The Morgan fingerprint density at radius 2 is 2.00 bits per heavy atom. The minimum absolute atomic E-state index is 0.379. The third-order valence-corrected chi connectivity index (χ3v) is 2.82. The molecule has 0 atom stereocenters. The van der Waals surface area contributed by atoms with Crippen molar-refractivity contribution in [3.05, 3.63) is 37.3 Å². The van der Waals surface area contributed by atoms with Crippen LogP contribution in [0.3, 0.4) is 0 Å². The first-order chi connectivity index (χ1) is 5.43. The third kappa shape index (κ3) is 3.28. The highest BCUT2D eigenvalue weighted by Gasteiger charge is 1.80.